The molecule has 0 fully saturated rings. The Bertz CT molecular complexity index is 364. The summed E-state index contributed by atoms with van der Waals surface area (Å²) in [7, 11) is 0. The van der Waals surface area contributed by atoms with Crippen LogP contribution in [0, 0.1) is 10.7 Å². The molecular weight excluding hydrogens is 521 g/mol. The van der Waals surface area contributed by atoms with Gasteiger partial charge in [-0.2, -0.15) is 0 Å². The number of rotatable bonds is 3. The molecule has 0 amide bonds. The van der Waals surface area contributed by atoms with Gasteiger partial charge in [-0.1, -0.05) is 6.58 Å². The quantitative estimate of drug-likeness (QED) is 0.482. The lowest BCUT2D eigenvalue weighted by Gasteiger charge is -2.11. The number of hydrogen-bond donors (Lipinski definition) is 1. The highest BCUT2D eigenvalue weighted by molar-refractivity contribution is 14.1. The first-order valence-electron chi connectivity index (χ1n) is 3.66. The summed E-state index contributed by atoms with van der Waals surface area (Å²) in [5.41, 5.74) is 0.906. The number of aliphatic hydroxyl groups excluding tert-OH is 1. The Morgan fingerprint density at radius 3 is 2.50 bits per heavy atom. The van der Waals surface area contributed by atoms with Crippen molar-refractivity contribution in [3.05, 3.63) is 35.2 Å². The van der Waals surface area contributed by atoms with Crippen LogP contribution in [0.3, 0.4) is 0 Å². The summed E-state index contributed by atoms with van der Waals surface area (Å²) >= 11 is 6.58. The van der Waals surface area contributed by atoms with Gasteiger partial charge in [-0.25, -0.2) is 0 Å². The maximum atomic E-state index is 9.19. The fourth-order valence-corrected chi connectivity index (χ4v) is 4.91. The van der Waals surface area contributed by atoms with Crippen molar-refractivity contribution in [3.63, 3.8) is 0 Å². The van der Waals surface area contributed by atoms with Gasteiger partial charge in [-0.3, -0.25) is 0 Å². The number of ether oxygens (including phenoxy) is 1. The Morgan fingerprint density at radius 2 is 2.00 bits per heavy atom. The summed E-state index contributed by atoms with van der Waals surface area (Å²) in [6.45, 7) is 3.55. The van der Waals surface area contributed by atoms with Crippen LogP contribution in [-0.2, 0) is 6.61 Å². The highest BCUT2D eigenvalue weighted by Crippen LogP contribution is 2.33. The van der Waals surface area contributed by atoms with Crippen LogP contribution >= 0.6 is 67.8 Å². The van der Waals surface area contributed by atoms with E-state index < -0.39 is 0 Å². The van der Waals surface area contributed by atoms with Crippen molar-refractivity contribution in [3.8, 4) is 5.75 Å². The normalized spacial score (nSPS) is 10.0. The van der Waals surface area contributed by atoms with Crippen molar-refractivity contribution in [1.82, 2.24) is 0 Å². The molecule has 0 heterocycles. The fourth-order valence-electron chi connectivity index (χ4n) is 0.947. The third-order valence-corrected chi connectivity index (χ3v) is 4.49. The van der Waals surface area contributed by atoms with Crippen molar-refractivity contribution in [2.75, 3.05) is 0 Å². The molecule has 76 valence electrons. The van der Waals surface area contributed by atoms with Crippen LogP contribution in [0.5, 0.6) is 5.75 Å². The zero-order chi connectivity index (χ0) is 10.7. The smallest absolute Gasteiger partial charge is 0.153 e. The van der Waals surface area contributed by atoms with E-state index in [-0.39, 0.29) is 6.61 Å². The Kier molecular flexibility index (Phi) is 5.42. The van der Waals surface area contributed by atoms with Crippen LogP contribution in [0.25, 0.3) is 0 Å². The van der Waals surface area contributed by atoms with Gasteiger partial charge in [0.15, 0.2) is 5.75 Å². The molecule has 14 heavy (non-hydrogen) atoms. The Balaban J connectivity index is 3.35. The average Bonchev–Trinajstić information content (AvgIpc) is 2.12. The SMILES string of the molecule is C=COc1c(I)cc(I)c(CO)c1I. The summed E-state index contributed by atoms with van der Waals surface area (Å²) < 4.78 is 8.32. The molecule has 2 nitrogen and oxygen atoms in total. The first kappa shape index (κ1) is 13.0. The summed E-state index contributed by atoms with van der Waals surface area (Å²) in [5, 5.41) is 9.19. The molecule has 0 unspecified atom stereocenters. The largest absolute Gasteiger partial charge is 0.463 e. The van der Waals surface area contributed by atoms with E-state index in [1.54, 1.807) is 0 Å². The van der Waals surface area contributed by atoms with E-state index in [9.17, 15) is 5.11 Å². The van der Waals surface area contributed by atoms with Gasteiger partial charge in [0.2, 0.25) is 0 Å². The lowest BCUT2D eigenvalue weighted by Crippen LogP contribution is -1.99. The summed E-state index contributed by atoms with van der Waals surface area (Å²) in [6, 6.07) is 1.98. The molecule has 0 saturated heterocycles. The highest BCUT2D eigenvalue weighted by atomic mass is 127. The van der Waals surface area contributed by atoms with Gasteiger partial charge in [-0.05, 0) is 73.8 Å². The van der Waals surface area contributed by atoms with Gasteiger partial charge in [0.1, 0.15) is 0 Å². The van der Waals surface area contributed by atoms with Crippen LogP contribution in [0.2, 0.25) is 0 Å². The van der Waals surface area contributed by atoms with E-state index in [1.807, 2.05) is 6.07 Å². The van der Waals surface area contributed by atoms with Crippen molar-refractivity contribution in [2.24, 2.45) is 0 Å². The van der Waals surface area contributed by atoms with Gasteiger partial charge in [-0.15, -0.1) is 0 Å². The van der Waals surface area contributed by atoms with E-state index in [2.05, 4.69) is 74.4 Å². The van der Waals surface area contributed by atoms with Gasteiger partial charge in [0.05, 0.1) is 20.0 Å². The molecule has 1 N–H and O–H groups in total. The molecular formula is C9H7I3O2. The number of halogens is 3. The first-order chi connectivity index (χ1) is 6.61. The van der Waals surface area contributed by atoms with Crippen molar-refractivity contribution >= 4 is 67.8 Å². The van der Waals surface area contributed by atoms with Crippen LogP contribution in [0.1, 0.15) is 5.56 Å². The Morgan fingerprint density at radius 1 is 1.36 bits per heavy atom. The molecule has 0 aromatic heterocycles. The topological polar surface area (TPSA) is 29.5 Å². The minimum absolute atomic E-state index is 0.0287. The number of benzene rings is 1. The van der Waals surface area contributed by atoms with Crippen LogP contribution in [0.15, 0.2) is 18.9 Å². The van der Waals surface area contributed by atoms with E-state index >= 15 is 0 Å². The molecule has 1 rings (SSSR count). The number of aliphatic hydroxyl groups is 1. The minimum Gasteiger partial charge on any atom is -0.463 e. The second-order valence-corrected chi connectivity index (χ2v) is 5.81. The summed E-state index contributed by atoms with van der Waals surface area (Å²) in [6.07, 6.45) is 1.40. The van der Waals surface area contributed by atoms with E-state index in [0.29, 0.717) is 0 Å². The third kappa shape index (κ3) is 2.73. The maximum absolute atomic E-state index is 9.19. The molecule has 1 aromatic rings. The van der Waals surface area contributed by atoms with E-state index in [1.165, 1.54) is 6.26 Å². The second kappa shape index (κ2) is 5.85. The van der Waals surface area contributed by atoms with E-state index in [4.69, 9.17) is 4.74 Å². The van der Waals surface area contributed by atoms with Crippen molar-refractivity contribution in [1.29, 1.82) is 0 Å². The molecule has 0 aliphatic heterocycles. The Labute approximate surface area is 124 Å². The van der Waals surface area contributed by atoms with Crippen molar-refractivity contribution in [2.45, 2.75) is 6.61 Å². The van der Waals surface area contributed by atoms with Crippen LogP contribution in [0.4, 0.5) is 0 Å². The van der Waals surface area contributed by atoms with Crippen molar-refractivity contribution < 1.29 is 9.84 Å². The molecule has 0 aliphatic carbocycles. The Hall–Kier alpha value is 0.910. The predicted octanol–water partition coefficient (Wildman–Crippen LogP) is 3.52. The monoisotopic (exact) mass is 528 g/mol. The standard InChI is InChI=1S/C9H7I3O2/c1-2-14-9-7(11)3-6(10)5(4-13)8(9)12/h2-3,13H,1,4H2. The highest BCUT2D eigenvalue weighted by Gasteiger charge is 2.13. The lowest BCUT2D eigenvalue weighted by atomic mass is 10.2. The molecule has 0 radical (unpaired) electrons. The van der Waals surface area contributed by atoms with Gasteiger partial charge in [0, 0.05) is 9.13 Å². The maximum Gasteiger partial charge on any atom is 0.153 e. The number of hydrogen-bond acceptors (Lipinski definition) is 2. The minimum atomic E-state index is 0.0287. The molecule has 0 saturated carbocycles. The zero-order valence-electron chi connectivity index (χ0n) is 7.06. The lowest BCUT2D eigenvalue weighted by molar-refractivity contribution is 0.279. The molecule has 0 bridgehead atoms. The molecule has 0 spiro atoms. The molecule has 5 heteroatoms. The van der Waals surface area contributed by atoms with Gasteiger partial charge < -0.3 is 9.84 Å². The van der Waals surface area contributed by atoms with Crippen LogP contribution < -0.4 is 4.74 Å². The first-order valence-corrected chi connectivity index (χ1v) is 6.90. The molecule has 1 aromatic carbocycles. The molecule has 0 atom stereocenters. The van der Waals surface area contributed by atoms with Gasteiger partial charge in [0.25, 0.3) is 0 Å². The summed E-state index contributed by atoms with van der Waals surface area (Å²) in [5.74, 6) is 0.769. The second-order valence-electron chi connectivity index (χ2n) is 2.40. The predicted molar refractivity (Wildman–Crippen MR) is 81.3 cm³/mol. The van der Waals surface area contributed by atoms with Gasteiger partial charge >= 0.3 is 0 Å². The van der Waals surface area contributed by atoms with E-state index in [0.717, 1.165) is 22.0 Å². The molecule has 0 aliphatic rings. The zero-order valence-corrected chi connectivity index (χ0v) is 13.5. The third-order valence-electron chi connectivity index (χ3n) is 1.58. The average molecular weight is 528 g/mol. The summed E-state index contributed by atoms with van der Waals surface area (Å²) in [4.78, 5) is 0. The fraction of sp³-hybridized carbons (Fsp3) is 0.111. The van der Waals surface area contributed by atoms with Crippen LogP contribution in [-0.4, -0.2) is 5.11 Å².